The molecule has 0 atom stereocenters. The number of piperidine rings is 1. The minimum atomic E-state index is -0.178. The fraction of sp³-hybridized carbons (Fsp3) is 0.429. The van der Waals surface area contributed by atoms with Gasteiger partial charge in [0.1, 0.15) is 5.84 Å². The Morgan fingerprint density at radius 3 is 2.42 bits per heavy atom. The Morgan fingerprint density at radius 1 is 1.05 bits per heavy atom. The summed E-state index contributed by atoms with van der Waals surface area (Å²) >= 11 is 5.86. The molecule has 0 bridgehead atoms. The number of hydrogen-bond donors (Lipinski definition) is 0. The van der Waals surface area contributed by atoms with Crippen LogP contribution in [-0.4, -0.2) is 36.4 Å². The molecule has 0 aliphatic carbocycles. The lowest BCUT2D eigenvalue weighted by Crippen LogP contribution is -2.39. The Balaban J connectivity index is 1.74. The highest BCUT2D eigenvalue weighted by molar-refractivity contribution is 6.30. The molecule has 5 heteroatoms. The van der Waals surface area contributed by atoms with E-state index in [1.54, 1.807) is 17.0 Å². The number of urea groups is 1. The van der Waals surface area contributed by atoms with Crippen molar-refractivity contribution < 1.29 is 4.79 Å². The lowest BCUT2D eigenvalue weighted by molar-refractivity contribution is 0.256. The second kappa shape index (κ2) is 5.21. The normalized spacial score (nSPS) is 19.8. The van der Waals surface area contributed by atoms with Gasteiger partial charge >= 0.3 is 6.03 Å². The van der Waals surface area contributed by atoms with Crippen LogP contribution in [0.2, 0.25) is 5.02 Å². The zero-order chi connectivity index (χ0) is 13.2. The van der Waals surface area contributed by atoms with Crippen LogP contribution in [0.5, 0.6) is 0 Å². The molecule has 1 aromatic carbocycles. The molecular formula is C14H16ClN3O. The smallest absolute Gasteiger partial charge is 0.350 e. The van der Waals surface area contributed by atoms with E-state index in [0.717, 1.165) is 24.6 Å². The summed E-state index contributed by atoms with van der Waals surface area (Å²) in [4.78, 5) is 20.1. The van der Waals surface area contributed by atoms with Crippen LogP contribution in [0, 0.1) is 0 Å². The molecule has 2 amide bonds. The van der Waals surface area contributed by atoms with Gasteiger partial charge in [0.2, 0.25) is 0 Å². The van der Waals surface area contributed by atoms with Gasteiger partial charge in [0, 0.05) is 23.8 Å². The molecule has 1 saturated heterocycles. The molecule has 0 aromatic heterocycles. The number of anilines is 1. The SMILES string of the molecule is O=C1N=C(N2CCCCC2)CN1c1ccc(Cl)cc1. The fourth-order valence-electron chi connectivity index (χ4n) is 2.56. The molecule has 2 heterocycles. The summed E-state index contributed by atoms with van der Waals surface area (Å²) < 4.78 is 0. The summed E-state index contributed by atoms with van der Waals surface area (Å²) in [6.07, 6.45) is 3.65. The molecule has 0 unspecified atom stereocenters. The van der Waals surface area contributed by atoms with Gasteiger partial charge < -0.3 is 4.90 Å². The van der Waals surface area contributed by atoms with Gasteiger partial charge in [-0.3, -0.25) is 4.90 Å². The molecule has 0 radical (unpaired) electrons. The highest BCUT2D eigenvalue weighted by Crippen LogP contribution is 2.22. The maximum absolute atomic E-state index is 12.0. The molecule has 0 spiro atoms. The topological polar surface area (TPSA) is 35.9 Å². The van der Waals surface area contributed by atoms with Crippen LogP contribution >= 0.6 is 11.6 Å². The summed E-state index contributed by atoms with van der Waals surface area (Å²) in [7, 11) is 0. The predicted octanol–water partition coefficient (Wildman–Crippen LogP) is 3.16. The first-order chi connectivity index (χ1) is 9.24. The highest BCUT2D eigenvalue weighted by atomic mass is 35.5. The number of nitrogens with zero attached hydrogens (tertiary/aromatic N) is 3. The highest BCUT2D eigenvalue weighted by Gasteiger charge is 2.28. The molecule has 0 saturated carbocycles. The van der Waals surface area contributed by atoms with Gasteiger partial charge in [0.05, 0.1) is 6.54 Å². The van der Waals surface area contributed by atoms with Crippen molar-refractivity contribution in [2.75, 3.05) is 24.5 Å². The van der Waals surface area contributed by atoms with E-state index >= 15 is 0 Å². The van der Waals surface area contributed by atoms with Crippen molar-refractivity contribution in [3.05, 3.63) is 29.3 Å². The first kappa shape index (κ1) is 12.5. The Morgan fingerprint density at radius 2 is 1.74 bits per heavy atom. The number of likely N-dealkylation sites (tertiary alicyclic amines) is 1. The van der Waals surface area contributed by atoms with Gasteiger partial charge in [-0.05, 0) is 43.5 Å². The Kier molecular flexibility index (Phi) is 3.42. The van der Waals surface area contributed by atoms with Crippen molar-refractivity contribution in [3.8, 4) is 0 Å². The number of benzene rings is 1. The van der Waals surface area contributed by atoms with Gasteiger partial charge in [-0.25, -0.2) is 4.79 Å². The summed E-state index contributed by atoms with van der Waals surface area (Å²) in [5, 5.41) is 0.674. The van der Waals surface area contributed by atoms with Crippen LogP contribution in [-0.2, 0) is 0 Å². The van der Waals surface area contributed by atoms with E-state index in [9.17, 15) is 4.79 Å². The fourth-order valence-corrected chi connectivity index (χ4v) is 2.69. The Bertz CT molecular complexity index is 506. The molecule has 2 aliphatic heterocycles. The first-order valence-electron chi connectivity index (χ1n) is 6.63. The van der Waals surface area contributed by atoms with Crippen molar-refractivity contribution in [1.82, 2.24) is 4.90 Å². The van der Waals surface area contributed by atoms with E-state index in [0.29, 0.717) is 11.6 Å². The van der Waals surface area contributed by atoms with Crippen molar-refractivity contribution in [2.24, 2.45) is 4.99 Å². The van der Waals surface area contributed by atoms with Crippen molar-refractivity contribution in [2.45, 2.75) is 19.3 Å². The standard InChI is InChI=1S/C14H16ClN3O/c15-11-4-6-12(7-5-11)18-10-13(16-14(18)19)17-8-2-1-3-9-17/h4-7H,1-3,8-10H2. The molecular weight excluding hydrogens is 262 g/mol. The number of carbonyl (C=O) groups excluding carboxylic acids is 1. The first-order valence-corrected chi connectivity index (χ1v) is 7.01. The third-order valence-electron chi connectivity index (χ3n) is 3.61. The number of aliphatic imine (C=N–C) groups is 1. The summed E-state index contributed by atoms with van der Waals surface area (Å²) in [5.41, 5.74) is 0.852. The van der Waals surface area contributed by atoms with Gasteiger partial charge in [0.25, 0.3) is 0 Å². The van der Waals surface area contributed by atoms with Crippen LogP contribution < -0.4 is 4.90 Å². The van der Waals surface area contributed by atoms with E-state index in [1.165, 1.54) is 19.3 Å². The maximum Gasteiger partial charge on any atom is 0.350 e. The maximum atomic E-state index is 12.0. The summed E-state index contributed by atoms with van der Waals surface area (Å²) in [6, 6.07) is 7.12. The largest absolute Gasteiger partial charge is 0.358 e. The summed E-state index contributed by atoms with van der Waals surface area (Å²) in [6.45, 7) is 2.60. The minimum absolute atomic E-state index is 0.178. The Hall–Kier alpha value is -1.55. The zero-order valence-corrected chi connectivity index (χ0v) is 11.4. The average Bonchev–Trinajstić information content (AvgIpc) is 2.83. The van der Waals surface area contributed by atoms with Crippen LogP contribution in [0.25, 0.3) is 0 Å². The average molecular weight is 278 g/mol. The number of rotatable bonds is 1. The van der Waals surface area contributed by atoms with Crippen LogP contribution in [0.4, 0.5) is 10.5 Å². The van der Waals surface area contributed by atoms with Gasteiger partial charge in [-0.2, -0.15) is 4.99 Å². The van der Waals surface area contributed by atoms with Crippen molar-refractivity contribution in [3.63, 3.8) is 0 Å². The van der Waals surface area contributed by atoms with Crippen LogP contribution in [0.15, 0.2) is 29.3 Å². The van der Waals surface area contributed by atoms with E-state index < -0.39 is 0 Å². The van der Waals surface area contributed by atoms with Crippen LogP contribution in [0.1, 0.15) is 19.3 Å². The molecule has 1 aromatic rings. The lowest BCUT2D eigenvalue weighted by atomic mass is 10.1. The van der Waals surface area contributed by atoms with E-state index in [4.69, 9.17) is 11.6 Å². The number of hydrogen-bond acceptors (Lipinski definition) is 2. The zero-order valence-electron chi connectivity index (χ0n) is 10.7. The summed E-state index contributed by atoms with van der Waals surface area (Å²) in [5.74, 6) is 0.902. The quantitative estimate of drug-likeness (QED) is 0.790. The van der Waals surface area contributed by atoms with Gasteiger partial charge in [-0.15, -0.1) is 0 Å². The van der Waals surface area contributed by atoms with Crippen molar-refractivity contribution in [1.29, 1.82) is 0 Å². The predicted molar refractivity (Wildman–Crippen MR) is 77.1 cm³/mol. The second-order valence-corrected chi connectivity index (χ2v) is 5.36. The van der Waals surface area contributed by atoms with Gasteiger partial charge in [0.15, 0.2) is 0 Å². The number of halogens is 1. The molecule has 4 nitrogen and oxygen atoms in total. The lowest BCUT2D eigenvalue weighted by Gasteiger charge is -2.28. The number of amides is 2. The Labute approximate surface area is 117 Å². The van der Waals surface area contributed by atoms with Gasteiger partial charge in [-0.1, -0.05) is 11.6 Å². The third-order valence-corrected chi connectivity index (χ3v) is 3.87. The minimum Gasteiger partial charge on any atom is -0.358 e. The molecule has 100 valence electrons. The molecule has 0 N–H and O–H groups in total. The monoisotopic (exact) mass is 277 g/mol. The number of carbonyl (C=O) groups is 1. The molecule has 3 rings (SSSR count). The molecule has 2 aliphatic rings. The second-order valence-electron chi connectivity index (χ2n) is 4.92. The molecule has 19 heavy (non-hydrogen) atoms. The van der Waals surface area contributed by atoms with Crippen LogP contribution in [0.3, 0.4) is 0 Å². The van der Waals surface area contributed by atoms with Crippen molar-refractivity contribution >= 4 is 29.2 Å². The van der Waals surface area contributed by atoms with E-state index in [2.05, 4.69) is 9.89 Å². The number of amidine groups is 1. The molecule has 1 fully saturated rings. The van der Waals surface area contributed by atoms with E-state index in [1.807, 2.05) is 12.1 Å². The third kappa shape index (κ3) is 2.59. The van der Waals surface area contributed by atoms with E-state index in [-0.39, 0.29) is 6.03 Å².